The molecule has 0 unspecified atom stereocenters. The van der Waals surface area contributed by atoms with E-state index in [1.54, 1.807) is 57.2 Å². The fourth-order valence-corrected chi connectivity index (χ4v) is 5.62. The minimum Gasteiger partial charge on any atom is -0.465 e. The Labute approximate surface area is 304 Å². The fourth-order valence-electron chi connectivity index (χ4n) is 5.62. The molecule has 1 N–H and O–H groups in total. The molecule has 0 heterocycles. The van der Waals surface area contributed by atoms with Gasteiger partial charge >= 0.3 is 24.1 Å². The lowest BCUT2D eigenvalue weighted by Gasteiger charge is -2.29. The molecular weight excluding hydrogens is 693 g/mol. The third-order valence-electron chi connectivity index (χ3n) is 8.30. The number of ether oxygens (including phenoxy) is 3. The van der Waals surface area contributed by atoms with Gasteiger partial charge in [0.25, 0.3) is 11.8 Å². The molecule has 278 valence electrons. The Morgan fingerprint density at radius 1 is 0.736 bits per heavy atom. The second-order valence-electron chi connectivity index (χ2n) is 12.2. The van der Waals surface area contributed by atoms with Crippen molar-refractivity contribution in [1.82, 2.24) is 4.90 Å². The quantitative estimate of drug-likeness (QED) is 0.0905. The summed E-state index contributed by atoms with van der Waals surface area (Å²) in [5, 5.41) is 2.76. The van der Waals surface area contributed by atoms with Crippen molar-refractivity contribution in [1.29, 1.82) is 0 Å². The third kappa shape index (κ3) is 9.09. The van der Waals surface area contributed by atoms with Crippen molar-refractivity contribution in [3.8, 4) is 11.1 Å². The number of carbonyl (C=O) groups excluding carboxylic acids is 5. The Hall–Kier alpha value is -5.98. The van der Waals surface area contributed by atoms with Gasteiger partial charge in [0.1, 0.15) is 6.61 Å². The molecule has 53 heavy (non-hydrogen) atoms. The summed E-state index contributed by atoms with van der Waals surface area (Å²) in [6.07, 6.45) is -4.91. The molecule has 0 atom stereocenters. The molecule has 10 nitrogen and oxygen atoms in total. The zero-order chi connectivity index (χ0) is 38.9. The number of hydrogen-bond donors (Lipinski definition) is 1. The van der Waals surface area contributed by atoms with E-state index in [0.29, 0.717) is 22.3 Å². The molecular formula is C40H39F3N2O8. The molecule has 0 saturated carbocycles. The van der Waals surface area contributed by atoms with Crippen LogP contribution in [0.1, 0.15) is 56.8 Å². The van der Waals surface area contributed by atoms with Crippen LogP contribution in [0.25, 0.3) is 11.1 Å². The maximum Gasteiger partial charge on any atom is 0.416 e. The van der Waals surface area contributed by atoms with Crippen LogP contribution in [-0.2, 0) is 46.6 Å². The van der Waals surface area contributed by atoms with E-state index >= 15 is 0 Å². The van der Waals surface area contributed by atoms with Crippen molar-refractivity contribution in [3.05, 3.63) is 124 Å². The van der Waals surface area contributed by atoms with Crippen molar-refractivity contribution < 1.29 is 51.4 Å². The largest absolute Gasteiger partial charge is 0.465 e. The van der Waals surface area contributed by atoms with Gasteiger partial charge in [-0.2, -0.15) is 13.2 Å². The van der Waals surface area contributed by atoms with E-state index in [1.807, 2.05) is 0 Å². The van der Waals surface area contributed by atoms with E-state index < -0.39 is 53.5 Å². The standard InChI is InChI=1S/C40H39F3N2O8/c1-6-51-37(49)39(38(50)52-7-2,28-13-9-8-10-14-28)24-53-33(46)23-26-16-21-32(31(22-26)36(48)45(4)5)44-35(47)34-25(3)12-11-15-30(34)27-17-19-29(20-18-27)40(41,42)43/h8-22H,6-7,23-24H2,1-5H3,(H,44,47). The maximum atomic E-state index is 13.8. The zero-order valence-corrected chi connectivity index (χ0v) is 29.8. The molecule has 2 amide bonds. The summed E-state index contributed by atoms with van der Waals surface area (Å²) in [6.45, 7) is 4.01. The summed E-state index contributed by atoms with van der Waals surface area (Å²) in [6, 6.07) is 21.7. The number of halogens is 3. The van der Waals surface area contributed by atoms with E-state index in [4.69, 9.17) is 14.2 Å². The molecule has 0 radical (unpaired) electrons. The summed E-state index contributed by atoms with van der Waals surface area (Å²) in [4.78, 5) is 68.3. The van der Waals surface area contributed by atoms with Crippen LogP contribution in [0.3, 0.4) is 0 Å². The van der Waals surface area contributed by atoms with Crippen LogP contribution >= 0.6 is 0 Å². The highest BCUT2D eigenvalue weighted by Gasteiger charge is 2.52. The molecule has 0 aliphatic rings. The fraction of sp³-hybridized carbons (Fsp3) is 0.275. The van der Waals surface area contributed by atoms with Crippen molar-refractivity contribution in [2.24, 2.45) is 0 Å². The molecule has 0 aliphatic carbocycles. The van der Waals surface area contributed by atoms with Crippen LogP contribution in [0, 0.1) is 6.92 Å². The molecule has 0 saturated heterocycles. The number of aryl methyl sites for hydroxylation is 1. The van der Waals surface area contributed by atoms with E-state index in [9.17, 15) is 37.1 Å². The number of nitrogens with zero attached hydrogens (tertiary/aromatic N) is 1. The van der Waals surface area contributed by atoms with E-state index in [0.717, 1.165) is 12.1 Å². The van der Waals surface area contributed by atoms with Crippen LogP contribution in [0.2, 0.25) is 0 Å². The number of alkyl halides is 3. The Bertz CT molecular complexity index is 1960. The molecule has 13 heteroatoms. The predicted molar refractivity (Wildman–Crippen MR) is 190 cm³/mol. The van der Waals surface area contributed by atoms with Gasteiger partial charge in [-0.15, -0.1) is 0 Å². The molecule has 4 rings (SSSR count). The molecule has 0 spiro atoms. The first kappa shape index (κ1) is 39.8. The van der Waals surface area contributed by atoms with Gasteiger partial charge in [0.2, 0.25) is 5.41 Å². The van der Waals surface area contributed by atoms with Crippen molar-refractivity contribution in [2.75, 3.05) is 39.2 Å². The van der Waals surface area contributed by atoms with Gasteiger partial charge in [0, 0.05) is 14.1 Å². The van der Waals surface area contributed by atoms with Crippen LogP contribution in [0.5, 0.6) is 0 Å². The summed E-state index contributed by atoms with van der Waals surface area (Å²) in [7, 11) is 3.01. The Morgan fingerprint density at radius 3 is 1.92 bits per heavy atom. The van der Waals surface area contributed by atoms with E-state index in [2.05, 4.69) is 5.32 Å². The minimum absolute atomic E-state index is 0.0370. The van der Waals surface area contributed by atoms with Gasteiger partial charge in [-0.25, -0.2) is 0 Å². The number of esters is 3. The molecule has 4 aromatic rings. The molecule has 0 bridgehead atoms. The number of amides is 2. The Balaban J connectivity index is 1.62. The van der Waals surface area contributed by atoms with Crippen molar-refractivity contribution >= 4 is 35.4 Å². The number of carbonyl (C=O) groups is 5. The van der Waals surface area contributed by atoms with Gasteiger partial charge in [-0.3, -0.25) is 24.0 Å². The lowest BCUT2D eigenvalue weighted by molar-refractivity contribution is -0.170. The third-order valence-corrected chi connectivity index (χ3v) is 8.30. The Morgan fingerprint density at radius 2 is 1.36 bits per heavy atom. The predicted octanol–water partition coefficient (Wildman–Crippen LogP) is 6.78. The highest BCUT2D eigenvalue weighted by atomic mass is 19.4. The highest BCUT2D eigenvalue weighted by Crippen LogP contribution is 2.34. The van der Waals surface area contributed by atoms with Gasteiger partial charge in [0.05, 0.1) is 42.0 Å². The first-order valence-electron chi connectivity index (χ1n) is 16.6. The van der Waals surface area contributed by atoms with E-state index in [-0.39, 0.29) is 42.0 Å². The van der Waals surface area contributed by atoms with Crippen LogP contribution in [0.15, 0.2) is 91.0 Å². The first-order chi connectivity index (χ1) is 25.1. The lowest BCUT2D eigenvalue weighted by atomic mass is 9.81. The number of hydrogen-bond acceptors (Lipinski definition) is 8. The van der Waals surface area contributed by atoms with Crippen molar-refractivity contribution in [2.45, 2.75) is 38.8 Å². The first-order valence-corrected chi connectivity index (χ1v) is 16.6. The van der Waals surface area contributed by atoms with Crippen molar-refractivity contribution in [3.63, 3.8) is 0 Å². The number of rotatable bonds is 13. The van der Waals surface area contributed by atoms with Gasteiger partial charge in [-0.1, -0.05) is 66.7 Å². The summed E-state index contributed by atoms with van der Waals surface area (Å²) >= 11 is 0. The van der Waals surface area contributed by atoms with Crippen LogP contribution < -0.4 is 5.32 Å². The summed E-state index contributed by atoms with van der Waals surface area (Å²) in [5.74, 6) is -3.86. The molecule has 0 fully saturated rings. The van der Waals surface area contributed by atoms with Gasteiger partial charge in [0.15, 0.2) is 0 Å². The summed E-state index contributed by atoms with van der Waals surface area (Å²) < 4.78 is 55.6. The van der Waals surface area contributed by atoms with Crippen LogP contribution in [-0.4, -0.2) is 68.5 Å². The SMILES string of the molecule is CCOC(=O)C(COC(=O)Cc1ccc(NC(=O)c2c(C)cccc2-c2ccc(C(F)(F)F)cc2)c(C(=O)N(C)C)c1)(C(=O)OCC)c1ccccc1. The zero-order valence-electron chi connectivity index (χ0n) is 29.8. The monoisotopic (exact) mass is 732 g/mol. The number of nitrogens with one attached hydrogen (secondary N) is 1. The van der Waals surface area contributed by atoms with Gasteiger partial charge in [-0.05, 0) is 72.9 Å². The Kier molecular flexibility index (Phi) is 12.8. The normalized spacial score (nSPS) is 11.3. The second-order valence-corrected chi connectivity index (χ2v) is 12.2. The molecule has 0 aromatic heterocycles. The highest BCUT2D eigenvalue weighted by molar-refractivity contribution is 6.12. The maximum absolute atomic E-state index is 13.8. The number of benzene rings is 4. The summed E-state index contributed by atoms with van der Waals surface area (Å²) in [5.41, 5.74) is -0.765. The average molecular weight is 733 g/mol. The van der Waals surface area contributed by atoms with E-state index in [1.165, 1.54) is 61.5 Å². The van der Waals surface area contributed by atoms with Crippen LogP contribution in [0.4, 0.5) is 18.9 Å². The number of anilines is 1. The molecule has 0 aliphatic heterocycles. The average Bonchev–Trinajstić information content (AvgIpc) is 3.12. The second kappa shape index (κ2) is 17.0. The topological polar surface area (TPSA) is 128 Å². The molecule has 4 aromatic carbocycles. The lowest BCUT2D eigenvalue weighted by Crippen LogP contribution is -2.50. The minimum atomic E-state index is -4.53. The smallest absolute Gasteiger partial charge is 0.416 e. The van der Waals surface area contributed by atoms with Gasteiger partial charge < -0.3 is 24.4 Å².